The molecule has 0 aliphatic carbocycles. The van der Waals surface area contributed by atoms with E-state index in [1.54, 1.807) is 6.07 Å². The summed E-state index contributed by atoms with van der Waals surface area (Å²) in [6.45, 7) is 0.900. The highest BCUT2D eigenvalue weighted by Gasteiger charge is 2.10. The Hall–Kier alpha value is -2.50. The van der Waals surface area contributed by atoms with Gasteiger partial charge in [-0.1, -0.05) is 57.9 Å². The number of anilines is 1. The maximum Gasteiger partial charge on any atom is 0.335 e. The maximum absolute atomic E-state index is 11.2. The fraction of sp³-hybridized carbons (Fsp3) is 0.0952. The predicted octanol–water partition coefficient (Wildman–Crippen LogP) is 5.99. The highest BCUT2D eigenvalue weighted by molar-refractivity contribution is 9.10. The molecule has 27 heavy (non-hydrogen) atoms. The van der Waals surface area contributed by atoms with E-state index in [2.05, 4.69) is 21.2 Å². The summed E-state index contributed by atoms with van der Waals surface area (Å²) in [5.74, 6) is -0.246. The van der Waals surface area contributed by atoms with Gasteiger partial charge in [0, 0.05) is 16.6 Å². The lowest BCUT2D eigenvalue weighted by Crippen LogP contribution is -2.05. The number of aromatic carboxylic acids is 1. The van der Waals surface area contributed by atoms with E-state index >= 15 is 0 Å². The lowest BCUT2D eigenvalue weighted by Gasteiger charge is -2.14. The highest BCUT2D eigenvalue weighted by atomic mass is 79.9. The van der Waals surface area contributed by atoms with Crippen LogP contribution in [0, 0.1) is 0 Å². The molecule has 138 valence electrons. The fourth-order valence-corrected chi connectivity index (χ4v) is 3.14. The molecule has 0 unspecified atom stereocenters. The van der Waals surface area contributed by atoms with Crippen molar-refractivity contribution in [3.8, 4) is 5.75 Å². The number of nitrogens with one attached hydrogen (secondary N) is 1. The van der Waals surface area contributed by atoms with E-state index in [0.29, 0.717) is 23.9 Å². The number of ether oxygens (including phenoxy) is 1. The van der Waals surface area contributed by atoms with Crippen LogP contribution in [0.25, 0.3) is 0 Å². The Morgan fingerprint density at radius 1 is 1.07 bits per heavy atom. The van der Waals surface area contributed by atoms with Crippen LogP contribution in [0.3, 0.4) is 0 Å². The van der Waals surface area contributed by atoms with Crippen LogP contribution < -0.4 is 10.1 Å². The number of hydrogen-bond acceptors (Lipinski definition) is 3. The van der Waals surface area contributed by atoms with E-state index in [9.17, 15) is 4.79 Å². The second-order valence-corrected chi connectivity index (χ2v) is 7.20. The van der Waals surface area contributed by atoms with E-state index in [1.807, 2.05) is 48.5 Å². The van der Waals surface area contributed by atoms with Crippen LogP contribution in [0.15, 0.2) is 71.2 Å². The van der Waals surface area contributed by atoms with Crippen LogP contribution in [-0.4, -0.2) is 11.1 Å². The molecule has 0 saturated carbocycles. The van der Waals surface area contributed by atoms with Gasteiger partial charge in [-0.05, 0) is 42.0 Å². The quantitative estimate of drug-likeness (QED) is 0.468. The van der Waals surface area contributed by atoms with Gasteiger partial charge in [-0.3, -0.25) is 0 Å². The molecular weight excluding hydrogens is 430 g/mol. The van der Waals surface area contributed by atoms with Gasteiger partial charge in [-0.25, -0.2) is 4.79 Å². The van der Waals surface area contributed by atoms with Crippen molar-refractivity contribution in [2.45, 2.75) is 13.2 Å². The summed E-state index contributed by atoms with van der Waals surface area (Å²) < 4.78 is 6.90. The molecule has 0 spiro atoms. The van der Waals surface area contributed by atoms with Gasteiger partial charge in [0.15, 0.2) is 0 Å². The number of carboxylic acid groups (broad SMARTS) is 1. The number of hydrogen-bond donors (Lipinski definition) is 2. The van der Waals surface area contributed by atoms with E-state index in [-0.39, 0.29) is 5.56 Å². The molecule has 0 aliphatic heterocycles. The zero-order chi connectivity index (χ0) is 19.2. The van der Waals surface area contributed by atoms with Gasteiger partial charge >= 0.3 is 5.97 Å². The first-order valence-electron chi connectivity index (χ1n) is 8.25. The molecule has 0 aliphatic rings. The molecule has 3 rings (SSSR count). The molecule has 0 saturated heterocycles. The minimum atomic E-state index is -0.996. The van der Waals surface area contributed by atoms with Crippen molar-refractivity contribution in [1.82, 2.24) is 0 Å². The molecule has 0 amide bonds. The minimum Gasteiger partial charge on any atom is -0.489 e. The number of carboxylic acids is 1. The van der Waals surface area contributed by atoms with Gasteiger partial charge in [0.05, 0.1) is 16.3 Å². The summed E-state index contributed by atoms with van der Waals surface area (Å²) in [6.07, 6.45) is 0. The molecule has 0 radical (unpaired) electrons. The summed E-state index contributed by atoms with van der Waals surface area (Å²) >= 11 is 9.66. The Balaban J connectivity index is 1.75. The molecule has 0 heterocycles. The van der Waals surface area contributed by atoms with E-state index in [1.165, 1.54) is 12.1 Å². The molecule has 0 fully saturated rings. The SMILES string of the molecule is O=C(O)c1ccc(Cl)c(NCc2cc(Br)ccc2OCc2ccccc2)c1. The molecule has 0 aromatic heterocycles. The summed E-state index contributed by atoms with van der Waals surface area (Å²) in [7, 11) is 0. The lowest BCUT2D eigenvalue weighted by molar-refractivity contribution is 0.0697. The van der Waals surface area contributed by atoms with Crippen LogP contribution >= 0.6 is 27.5 Å². The summed E-state index contributed by atoms with van der Waals surface area (Å²) in [4.78, 5) is 11.2. The van der Waals surface area contributed by atoms with Crippen LogP contribution in [0.4, 0.5) is 5.69 Å². The van der Waals surface area contributed by atoms with Crippen LogP contribution in [0.1, 0.15) is 21.5 Å². The Morgan fingerprint density at radius 3 is 2.59 bits per heavy atom. The van der Waals surface area contributed by atoms with Crippen molar-refractivity contribution in [2.75, 3.05) is 5.32 Å². The first-order valence-corrected chi connectivity index (χ1v) is 9.42. The minimum absolute atomic E-state index is 0.177. The van der Waals surface area contributed by atoms with E-state index in [4.69, 9.17) is 21.4 Å². The molecule has 0 bridgehead atoms. The summed E-state index contributed by atoms with van der Waals surface area (Å²) in [6, 6.07) is 20.3. The molecule has 6 heteroatoms. The number of rotatable bonds is 7. The van der Waals surface area contributed by atoms with Gasteiger partial charge in [0.25, 0.3) is 0 Å². The number of carbonyl (C=O) groups is 1. The standard InChI is InChI=1S/C21H17BrClNO3/c22-17-7-9-20(27-13-14-4-2-1-3-5-14)16(10-17)12-24-19-11-15(21(25)26)6-8-18(19)23/h1-11,24H,12-13H2,(H,25,26). The van der Waals surface area contributed by atoms with Crippen molar-refractivity contribution in [3.63, 3.8) is 0 Å². The Morgan fingerprint density at radius 2 is 1.85 bits per heavy atom. The third-order valence-electron chi connectivity index (χ3n) is 3.94. The van der Waals surface area contributed by atoms with Crippen molar-refractivity contribution < 1.29 is 14.6 Å². The Bertz CT molecular complexity index is 947. The molecule has 0 atom stereocenters. The van der Waals surface area contributed by atoms with Crippen molar-refractivity contribution in [1.29, 1.82) is 0 Å². The molecular formula is C21H17BrClNO3. The first kappa shape index (κ1) is 19.3. The average molecular weight is 447 g/mol. The largest absolute Gasteiger partial charge is 0.489 e. The van der Waals surface area contributed by atoms with Gasteiger partial charge in [0.2, 0.25) is 0 Å². The summed E-state index contributed by atoms with van der Waals surface area (Å²) in [5.41, 5.74) is 2.75. The average Bonchev–Trinajstić information content (AvgIpc) is 2.67. The second-order valence-electron chi connectivity index (χ2n) is 5.88. The molecule has 2 N–H and O–H groups in total. The second kappa shape index (κ2) is 8.93. The van der Waals surface area contributed by atoms with Crippen molar-refractivity contribution in [2.24, 2.45) is 0 Å². The Kier molecular flexibility index (Phi) is 6.37. The van der Waals surface area contributed by atoms with Gasteiger partial charge in [-0.2, -0.15) is 0 Å². The van der Waals surface area contributed by atoms with Crippen molar-refractivity contribution in [3.05, 3.63) is 92.9 Å². The monoisotopic (exact) mass is 445 g/mol. The van der Waals surface area contributed by atoms with Crippen LogP contribution in [0.5, 0.6) is 5.75 Å². The fourth-order valence-electron chi connectivity index (χ4n) is 2.55. The van der Waals surface area contributed by atoms with Gasteiger partial charge < -0.3 is 15.2 Å². The Labute approximate surface area is 170 Å². The smallest absolute Gasteiger partial charge is 0.335 e. The molecule has 3 aromatic carbocycles. The van der Waals surface area contributed by atoms with E-state index < -0.39 is 5.97 Å². The van der Waals surface area contributed by atoms with Crippen LogP contribution in [-0.2, 0) is 13.2 Å². The van der Waals surface area contributed by atoms with Gasteiger partial charge in [-0.15, -0.1) is 0 Å². The topological polar surface area (TPSA) is 58.6 Å². The van der Waals surface area contributed by atoms with Crippen molar-refractivity contribution >= 4 is 39.2 Å². The number of benzene rings is 3. The normalized spacial score (nSPS) is 10.4. The van der Waals surface area contributed by atoms with Gasteiger partial charge in [0.1, 0.15) is 12.4 Å². The van der Waals surface area contributed by atoms with Crippen LogP contribution in [0.2, 0.25) is 5.02 Å². The molecule has 3 aromatic rings. The third kappa shape index (κ3) is 5.25. The third-order valence-corrected chi connectivity index (χ3v) is 4.77. The zero-order valence-electron chi connectivity index (χ0n) is 14.3. The zero-order valence-corrected chi connectivity index (χ0v) is 16.6. The highest BCUT2D eigenvalue weighted by Crippen LogP contribution is 2.28. The maximum atomic E-state index is 11.2. The molecule has 4 nitrogen and oxygen atoms in total. The number of halogens is 2. The summed E-state index contributed by atoms with van der Waals surface area (Å²) in [5, 5.41) is 12.8. The predicted molar refractivity (Wildman–Crippen MR) is 111 cm³/mol. The van der Waals surface area contributed by atoms with E-state index in [0.717, 1.165) is 21.3 Å². The first-order chi connectivity index (χ1) is 13.0. The lowest BCUT2D eigenvalue weighted by atomic mass is 10.1.